The van der Waals surface area contributed by atoms with E-state index < -0.39 is 0 Å². The number of rotatable bonds is 3. The van der Waals surface area contributed by atoms with Crippen LogP contribution >= 0.6 is 0 Å². The third-order valence-corrected chi connectivity index (χ3v) is 5.79. The highest BCUT2D eigenvalue weighted by atomic mass is 16.5. The molecular formula is C22H30O. The Morgan fingerprint density at radius 1 is 1.22 bits per heavy atom. The van der Waals surface area contributed by atoms with E-state index in [-0.39, 0.29) is 11.7 Å². The highest BCUT2D eigenvalue weighted by molar-refractivity contribution is 5.28. The maximum atomic E-state index is 6.80. The molecule has 4 atom stereocenters. The van der Waals surface area contributed by atoms with Crippen molar-refractivity contribution in [2.45, 2.75) is 65.6 Å². The molecule has 1 aliphatic heterocycles. The lowest BCUT2D eigenvalue weighted by Gasteiger charge is -2.51. The quantitative estimate of drug-likeness (QED) is 0.608. The number of fused-ring (bicyclic) bond motifs is 2. The van der Waals surface area contributed by atoms with Gasteiger partial charge in [-0.1, -0.05) is 53.1 Å². The highest BCUT2D eigenvalue weighted by Crippen LogP contribution is 2.52. The maximum absolute atomic E-state index is 6.80. The number of aryl methyl sites for hydroxylation is 1. The van der Waals surface area contributed by atoms with Gasteiger partial charge in [0.2, 0.25) is 0 Å². The van der Waals surface area contributed by atoms with Crippen molar-refractivity contribution >= 4 is 0 Å². The van der Waals surface area contributed by atoms with Crippen molar-refractivity contribution in [3.8, 4) is 0 Å². The Bertz CT molecular complexity index is 618. The molecule has 0 aromatic heterocycles. The van der Waals surface area contributed by atoms with E-state index in [1.807, 2.05) is 0 Å². The average molecular weight is 310 g/mol. The molecule has 3 rings (SSSR count). The Hall–Kier alpha value is -1.34. The highest BCUT2D eigenvalue weighted by Gasteiger charge is 2.47. The molecule has 0 saturated carbocycles. The summed E-state index contributed by atoms with van der Waals surface area (Å²) in [4.78, 5) is 0. The van der Waals surface area contributed by atoms with Gasteiger partial charge in [0.1, 0.15) is 0 Å². The SMILES string of the molecule is CC(C)=CC[C@]1(C)O[C@@H](c2ccc(C)cc2)[C@H]2C[C@@H]1CC=C2C. The molecule has 0 N–H and O–H groups in total. The fourth-order valence-corrected chi connectivity index (χ4v) is 4.08. The van der Waals surface area contributed by atoms with E-state index in [2.05, 4.69) is 71.0 Å². The molecule has 0 spiro atoms. The first-order valence-electron chi connectivity index (χ1n) is 8.93. The van der Waals surface area contributed by atoms with Crippen molar-refractivity contribution in [2.75, 3.05) is 0 Å². The minimum Gasteiger partial charge on any atom is -0.366 e. The van der Waals surface area contributed by atoms with Crippen molar-refractivity contribution in [3.05, 3.63) is 58.7 Å². The number of hydrogen-bond acceptors (Lipinski definition) is 1. The monoisotopic (exact) mass is 310 g/mol. The van der Waals surface area contributed by atoms with E-state index >= 15 is 0 Å². The molecule has 2 aliphatic rings. The minimum absolute atomic E-state index is 0.0550. The van der Waals surface area contributed by atoms with Crippen LogP contribution in [0.1, 0.15) is 64.2 Å². The lowest BCUT2D eigenvalue weighted by atomic mass is 9.67. The topological polar surface area (TPSA) is 9.23 Å². The third-order valence-electron chi connectivity index (χ3n) is 5.79. The predicted octanol–water partition coefficient (Wildman–Crippen LogP) is 6.15. The van der Waals surface area contributed by atoms with Crippen LogP contribution in [0.5, 0.6) is 0 Å². The fourth-order valence-electron chi connectivity index (χ4n) is 4.08. The van der Waals surface area contributed by atoms with E-state index in [9.17, 15) is 0 Å². The Kier molecular flexibility index (Phi) is 4.51. The van der Waals surface area contributed by atoms with Crippen LogP contribution in [0.3, 0.4) is 0 Å². The molecule has 23 heavy (non-hydrogen) atoms. The molecule has 0 unspecified atom stereocenters. The largest absolute Gasteiger partial charge is 0.366 e. The zero-order chi connectivity index (χ0) is 16.6. The summed E-state index contributed by atoms with van der Waals surface area (Å²) < 4.78 is 6.80. The van der Waals surface area contributed by atoms with Crippen LogP contribution in [0, 0.1) is 18.8 Å². The summed E-state index contributed by atoms with van der Waals surface area (Å²) in [6.07, 6.45) is 8.44. The maximum Gasteiger partial charge on any atom is 0.0897 e. The minimum atomic E-state index is -0.0550. The van der Waals surface area contributed by atoms with Gasteiger partial charge in [0.15, 0.2) is 0 Å². The lowest BCUT2D eigenvalue weighted by molar-refractivity contribution is -0.175. The predicted molar refractivity (Wildman–Crippen MR) is 97.4 cm³/mol. The second-order valence-electron chi connectivity index (χ2n) is 7.97. The van der Waals surface area contributed by atoms with Gasteiger partial charge in [-0.05, 0) is 65.4 Å². The van der Waals surface area contributed by atoms with Gasteiger partial charge in [-0.3, -0.25) is 0 Å². The third kappa shape index (κ3) is 3.30. The molecule has 1 aromatic carbocycles. The summed E-state index contributed by atoms with van der Waals surface area (Å²) in [5.74, 6) is 1.17. The molecule has 2 bridgehead atoms. The van der Waals surface area contributed by atoms with Crippen LogP contribution in [-0.4, -0.2) is 5.60 Å². The Labute approximate surface area is 141 Å². The van der Waals surface area contributed by atoms with Crippen molar-refractivity contribution in [1.29, 1.82) is 0 Å². The van der Waals surface area contributed by atoms with Gasteiger partial charge in [-0.25, -0.2) is 0 Å². The molecule has 1 heterocycles. The molecule has 1 nitrogen and oxygen atoms in total. The molecule has 1 aliphatic carbocycles. The molecule has 124 valence electrons. The molecule has 0 amide bonds. The van der Waals surface area contributed by atoms with Crippen LogP contribution < -0.4 is 0 Å². The van der Waals surface area contributed by atoms with Crippen molar-refractivity contribution < 1.29 is 4.74 Å². The summed E-state index contributed by atoms with van der Waals surface area (Å²) in [6.45, 7) is 11.1. The van der Waals surface area contributed by atoms with Gasteiger partial charge in [0, 0.05) is 5.92 Å². The normalized spacial score (nSPS) is 33.1. The van der Waals surface area contributed by atoms with Crippen LogP contribution in [0.25, 0.3) is 0 Å². The van der Waals surface area contributed by atoms with E-state index in [0.29, 0.717) is 11.8 Å². The van der Waals surface area contributed by atoms with Gasteiger partial charge in [0.25, 0.3) is 0 Å². The second kappa shape index (κ2) is 6.28. The van der Waals surface area contributed by atoms with Crippen LogP contribution in [0.2, 0.25) is 0 Å². The Morgan fingerprint density at radius 3 is 2.57 bits per heavy atom. The first-order chi connectivity index (χ1) is 10.9. The molecule has 1 saturated heterocycles. The fraction of sp³-hybridized carbons (Fsp3) is 0.545. The summed E-state index contributed by atoms with van der Waals surface area (Å²) in [6, 6.07) is 8.92. The first-order valence-corrected chi connectivity index (χ1v) is 8.93. The molecule has 1 aromatic rings. The molecule has 1 heteroatoms. The van der Waals surface area contributed by atoms with E-state index in [1.165, 1.54) is 28.7 Å². The smallest absolute Gasteiger partial charge is 0.0897 e. The number of ether oxygens (including phenoxy) is 1. The van der Waals surface area contributed by atoms with Crippen LogP contribution in [-0.2, 0) is 4.74 Å². The lowest BCUT2D eigenvalue weighted by Crippen LogP contribution is -2.47. The van der Waals surface area contributed by atoms with E-state index in [0.717, 1.165) is 12.8 Å². The summed E-state index contributed by atoms with van der Waals surface area (Å²) in [7, 11) is 0. The molecular weight excluding hydrogens is 280 g/mol. The number of benzene rings is 1. The van der Waals surface area contributed by atoms with Gasteiger partial charge in [-0.2, -0.15) is 0 Å². The van der Waals surface area contributed by atoms with E-state index in [4.69, 9.17) is 4.74 Å². The molecule has 0 radical (unpaired) electrons. The number of allylic oxidation sites excluding steroid dienone is 2. The summed E-state index contributed by atoms with van der Waals surface area (Å²) >= 11 is 0. The Balaban J connectivity index is 1.94. The van der Waals surface area contributed by atoms with Gasteiger partial charge in [-0.15, -0.1) is 0 Å². The average Bonchev–Trinajstić information content (AvgIpc) is 2.52. The zero-order valence-electron chi connectivity index (χ0n) is 15.2. The summed E-state index contributed by atoms with van der Waals surface area (Å²) in [5, 5.41) is 0. The van der Waals surface area contributed by atoms with E-state index in [1.54, 1.807) is 0 Å². The second-order valence-corrected chi connectivity index (χ2v) is 7.97. The van der Waals surface area contributed by atoms with Crippen molar-refractivity contribution in [2.24, 2.45) is 11.8 Å². The van der Waals surface area contributed by atoms with Crippen LogP contribution in [0.4, 0.5) is 0 Å². The standard InChI is InChI=1S/C22H30O/c1-15(2)12-13-22(5)19-11-8-17(4)20(14-19)21(23-22)18-9-6-16(3)7-10-18/h6-10,12,19-21H,11,13-14H2,1-5H3/t19-,20-,21-,22-/m0/s1. The van der Waals surface area contributed by atoms with Gasteiger partial charge < -0.3 is 4.74 Å². The zero-order valence-corrected chi connectivity index (χ0v) is 15.2. The first kappa shape index (κ1) is 16.5. The molecule has 1 fully saturated rings. The van der Waals surface area contributed by atoms with Gasteiger partial charge >= 0.3 is 0 Å². The Morgan fingerprint density at radius 2 is 1.91 bits per heavy atom. The number of hydrogen-bond donors (Lipinski definition) is 0. The van der Waals surface area contributed by atoms with Crippen LogP contribution in [0.15, 0.2) is 47.6 Å². The summed E-state index contributed by atoms with van der Waals surface area (Å²) in [5.41, 5.74) is 5.48. The van der Waals surface area contributed by atoms with Crippen molar-refractivity contribution in [1.82, 2.24) is 0 Å². The van der Waals surface area contributed by atoms with Gasteiger partial charge in [0.05, 0.1) is 11.7 Å². The van der Waals surface area contributed by atoms with Crippen molar-refractivity contribution in [3.63, 3.8) is 0 Å².